The van der Waals surface area contributed by atoms with Gasteiger partial charge in [-0.15, -0.1) is 12.3 Å². The van der Waals surface area contributed by atoms with Gasteiger partial charge in [-0.2, -0.15) is 0 Å². The van der Waals surface area contributed by atoms with Gasteiger partial charge in [-0.25, -0.2) is 8.78 Å². The van der Waals surface area contributed by atoms with Crippen LogP contribution in [0, 0.1) is 29.9 Å². The second-order valence-electron chi connectivity index (χ2n) is 6.79. The second-order valence-corrected chi connectivity index (χ2v) is 6.79. The molecule has 2 amide bonds. The van der Waals surface area contributed by atoms with Gasteiger partial charge in [-0.1, -0.05) is 26.3 Å². The van der Waals surface area contributed by atoms with Crippen molar-refractivity contribution in [3.8, 4) is 12.3 Å². The topological polar surface area (TPSA) is 58.2 Å². The number of benzene rings is 1. The van der Waals surface area contributed by atoms with Gasteiger partial charge < -0.3 is 10.6 Å². The van der Waals surface area contributed by atoms with E-state index in [9.17, 15) is 18.4 Å². The molecule has 0 bridgehead atoms. The quantitative estimate of drug-likeness (QED) is 0.345. The Morgan fingerprint density at radius 3 is 2.54 bits per heavy atom. The lowest BCUT2D eigenvalue weighted by atomic mass is 10.0. The lowest BCUT2D eigenvalue weighted by molar-refractivity contribution is -0.127. The number of halogens is 2. The minimum absolute atomic E-state index is 0.0272. The smallest absolute Gasteiger partial charge is 0.244 e. The number of hydrogen-bond acceptors (Lipinski definition) is 2. The van der Waals surface area contributed by atoms with Crippen LogP contribution in [0.3, 0.4) is 0 Å². The van der Waals surface area contributed by atoms with Crippen LogP contribution in [0.1, 0.15) is 45.1 Å². The first-order valence-corrected chi connectivity index (χ1v) is 9.48. The lowest BCUT2D eigenvalue weighted by Gasteiger charge is -2.18. The SMILES string of the molecule is C#CCCCNC(=O)C(Cc1cc(F)cc(F)c1)NC(=O)/C=C/CC(C)CC. The lowest BCUT2D eigenvalue weighted by Crippen LogP contribution is -2.47. The van der Waals surface area contributed by atoms with Crippen molar-refractivity contribution in [3.63, 3.8) is 0 Å². The molecule has 0 spiro atoms. The number of nitrogens with one attached hydrogen (secondary N) is 2. The summed E-state index contributed by atoms with van der Waals surface area (Å²) in [5, 5.41) is 5.31. The number of hydrogen-bond donors (Lipinski definition) is 2. The van der Waals surface area contributed by atoms with Crippen LogP contribution in [0.4, 0.5) is 8.78 Å². The molecule has 2 N–H and O–H groups in total. The van der Waals surface area contributed by atoms with Crippen LogP contribution in [-0.2, 0) is 16.0 Å². The Hall–Kier alpha value is -2.68. The van der Waals surface area contributed by atoms with Crippen LogP contribution in [-0.4, -0.2) is 24.4 Å². The first-order valence-electron chi connectivity index (χ1n) is 9.48. The molecular weight excluding hydrogens is 362 g/mol. The third kappa shape index (κ3) is 9.31. The van der Waals surface area contributed by atoms with Gasteiger partial charge >= 0.3 is 0 Å². The van der Waals surface area contributed by atoms with Crippen LogP contribution >= 0.6 is 0 Å². The van der Waals surface area contributed by atoms with Gasteiger partial charge in [0.2, 0.25) is 11.8 Å². The average molecular weight is 390 g/mol. The summed E-state index contributed by atoms with van der Waals surface area (Å²) in [6.07, 6.45) is 11.2. The summed E-state index contributed by atoms with van der Waals surface area (Å²) in [6.45, 7) is 4.50. The summed E-state index contributed by atoms with van der Waals surface area (Å²) < 4.78 is 26.9. The Labute approximate surface area is 165 Å². The Bertz CT molecular complexity index is 705. The molecular formula is C22H28F2N2O2. The zero-order valence-corrected chi connectivity index (χ0v) is 16.4. The van der Waals surface area contributed by atoms with Crippen molar-refractivity contribution in [2.24, 2.45) is 5.92 Å². The van der Waals surface area contributed by atoms with Gasteiger partial charge in [0.1, 0.15) is 17.7 Å². The van der Waals surface area contributed by atoms with Gasteiger partial charge in [-0.05, 0) is 42.5 Å². The molecule has 0 aromatic heterocycles. The standard InChI is InChI=1S/C22H28F2N2O2/c1-4-6-7-11-25-22(28)20(14-17-12-18(23)15-19(24)13-17)26-21(27)10-8-9-16(3)5-2/h1,8,10,12-13,15-16,20H,5-7,9,11,14H2,2-3H3,(H,25,28)(H,26,27)/b10-8+. The van der Waals surface area contributed by atoms with Crippen molar-refractivity contribution in [2.75, 3.05) is 6.54 Å². The van der Waals surface area contributed by atoms with Crippen molar-refractivity contribution in [1.29, 1.82) is 0 Å². The summed E-state index contributed by atoms with van der Waals surface area (Å²) in [5.41, 5.74) is 0.283. The third-order valence-corrected chi connectivity index (χ3v) is 4.30. The van der Waals surface area contributed by atoms with Crippen LogP contribution < -0.4 is 10.6 Å². The Balaban J connectivity index is 2.80. The van der Waals surface area contributed by atoms with Crippen molar-refractivity contribution < 1.29 is 18.4 Å². The Morgan fingerprint density at radius 2 is 1.93 bits per heavy atom. The van der Waals surface area contributed by atoms with Crippen molar-refractivity contribution in [2.45, 2.75) is 52.0 Å². The van der Waals surface area contributed by atoms with Crippen molar-refractivity contribution in [1.82, 2.24) is 10.6 Å². The molecule has 1 aromatic carbocycles. The van der Waals surface area contributed by atoms with E-state index in [0.29, 0.717) is 25.3 Å². The van der Waals surface area contributed by atoms with Gasteiger partial charge in [-0.3, -0.25) is 9.59 Å². The summed E-state index contributed by atoms with van der Waals surface area (Å²) in [4.78, 5) is 24.6. The predicted octanol–water partition coefficient (Wildman–Crippen LogP) is 3.51. The van der Waals surface area contributed by atoms with Crippen LogP contribution in [0.5, 0.6) is 0 Å². The number of rotatable bonds is 11. The minimum Gasteiger partial charge on any atom is -0.354 e. The zero-order chi connectivity index (χ0) is 20.9. The minimum atomic E-state index is -0.951. The van der Waals surface area contributed by atoms with Crippen LogP contribution in [0.25, 0.3) is 0 Å². The zero-order valence-electron chi connectivity index (χ0n) is 16.4. The van der Waals surface area contributed by atoms with Crippen LogP contribution in [0.15, 0.2) is 30.4 Å². The van der Waals surface area contributed by atoms with Gasteiger partial charge in [0.15, 0.2) is 0 Å². The normalized spacial score (nSPS) is 13.0. The highest BCUT2D eigenvalue weighted by molar-refractivity contribution is 5.93. The summed E-state index contributed by atoms with van der Waals surface area (Å²) in [7, 11) is 0. The fourth-order valence-corrected chi connectivity index (χ4v) is 2.49. The Morgan fingerprint density at radius 1 is 1.25 bits per heavy atom. The molecule has 0 radical (unpaired) electrons. The van der Waals surface area contributed by atoms with E-state index >= 15 is 0 Å². The summed E-state index contributed by atoms with van der Waals surface area (Å²) in [6, 6.07) is 2.10. The molecule has 1 rings (SSSR count). The number of allylic oxidation sites excluding steroid dienone is 1. The molecule has 2 unspecified atom stereocenters. The molecule has 6 heteroatoms. The maximum atomic E-state index is 13.4. The molecule has 0 aliphatic heterocycles. The van der Waals surface area contributed by atoms with Crippen molar-refractivity contribution >= 4 is 11.8 Å². The molecule has 0 saturated heterocycles. The highest BCUT2D eigenvalue weighted by Gasteiger charge is 2.21. The third-order valence-electron chi connectivity index (χ3n) is 4.30. The molecule has 1 aromatic rings. The molecule has 0 saturated carbocycles. The predicted molar refractivity (Wildman–Crippen MR) is 106 cm³/mol. The molecule has 0 heterocycles. The van der Waals surface area contributed by atoms with Crippen LogP contribution in [0.2, 0.25) is 0 Å². The van der Waals surface area contributed by atoms with E-state index in [-0.39, 0.29) is 12.0 Å². The van der Waals surface area contributed by atoms with Gasteiger partial charge in [0.05, 0.1) is 0 Å². The first-order chi connectivity index (χ1) is 13.3. The van der Waals surface area contributed by atoms with E-state index in [4.69, 9.17) is 6.42 Å². The number of carbonyl (C=O) groups is 2. The summed E-state index contributed by atoms with van der Waals surface area (Å²) in [5.74, 6) is 0.613. The molecule has 2 atom stereocenters. The second kappa shape index (κ2) is 12.7. The average Bonchev–Trinajstić information content (AvgIpc) is 2.63. The largest absolute Gasteiger partial charge is 0.354 e. The Kier molecular flexibility index (Phi) is 10.6. The molecule has 0 aliphatic rings. The highest BCUT2D eigenvalue weighted by Crippen LogP contribution is 2.11. The molecule has 28 heavy (non-hydrogen) atoms. The van der Waals surface area contributed by atoms with Gasteiger partial charge in [0, 0.05) is 25.5 Å². The van der Waals surface area contributed by atoms with Gasteiger partial charge in [0.25, 0.3) is 0 Å². The van der Waals surface area contributed by atoms with E-state index in [1.54, 1.807) is 6.08 Å². The van der Waals surface area contributed by atoms with E-state index in [1.807, 2.05) is 0 Å². The number of unbranched alkanes of at least 4 members (excludes halogenated alkanes) is 1. The number of terminal acetylenes is 1. The first kappa shape index (κ1) is 23.4. The number of amides is 2. The molecule has 0 aliphatic carbocycles. The summed E-state index contributed by atoms with van der Waals surface area (Å²) >= 11 is 0. The number of carbonyl (C=O) groups excluding carboxylic acids is 2. The molecule has 0 fully saturated rings. The fraction of sp³-hybridized carbons (Fsp3) is 0.455. The molecule has 4 nitrogen and oxygen atoms in total. The van der Waals surface area contributed by atoms with E-state index in [0.717, 1.165) is 31.0 Å². The van der Waals surface area contributed by atoms with Crippen molar-refractivity contribution in [3.05, 3.63) is 47.5 Å². The maximum absolute atomic E-state index is 13.4. The van der Waals surface area contributed by atoms with E-state index in [1.165, 1.54) is 6.08 Å². The monoisotopic (exact) mass is 390 g/mol. The fourth-order valence-electron chi connectivity index (χ4n) is 2.49. The van der Waals surface area contributed by atoms with E-state index < -0.39 is 29.5 Å². The maximum Gasteiger partial charge on any atom is 0.244 e. The van der Waals surface area contributed by atoms with E-state index in [2.05, 4.69) is 30.4 Å². The molecule has 152 valence electrons. The highest BCUT2D eigenvalue weighted by atomic mass is 19.1.